The first-order valence-electron chi connectivity index (χ1n) is 7.65. The first kappa shape index (κ1) is 15.9. The normalized spacial score (nSPS) is 19.2. The molecular formula is C15H20N4O3S. The van der Waals surface area contributed by atoms with Gasteiger partial charge in [0.05, 0.1) is 6.10 Å². The number of thiophene rings is 1. The van der Waals surface area contributed by atoms with Crippen LogP contribution in [0.2, 0.25) is 0 Å². The summed E-state index contributed by atoms with van der Waals surface area (Å²) < 4.78 is 2.52. The predicted octanol–water partition coefficient (Wildman–Crippen LogP) is 0.758. The fourth-order valence-corrected chi connectivity index (χ4v) is 3.74. The van der Waals surface area contributed by atoms with Crippen LogP contribution in [0.1, 0.15) is 30.2 Å². The van der Waals surface area contributed by atoms with E-state index in [1.54, 1.807) is 11.9 Å². The van der Waals surface area contributed by atoms with Gasteiger partial charge in [-0.05, 0) is 30.7 Å². The molecular weight excluding hydrogens is 316 g/mol. The molecule has 0 saturated carbocycles. The Balaban J connectivity index is 1.65. The number of likely N-dealkylation sites (tertiary alicyclic amines) is 1. The van der Waals surface area contributed by atoms with E-state index < -0.39 is 6.10 Å². The quantitative estimate of drug-likeness (QED) is 0.874. The number of aliphatic hydroxyl groups is 1. The average Bonchev–Trinajstić information content (AvgIpc) is 3.25. The summed E-state index contributed by atoms with van der Waals surface area (Å²) in [6.07, 6.45) is 3.18. The third-order valence-corrected chi connectivity index (χ3v) is 5.21. The second kappa shape index (κ2) is 6.67. The Bertz CT molecular complexity index is 721. The van der Waals surface area contributed by atoms with Crippen LogP contribution in [0.5, 0.6) is 0 Å². The zero-order valence-electron chi connectivity index (χ0n) is 13.0. The Kier molecular flexibility index (Phi) is 4.63. The Labute approximate surface area is 137 Å². The van der Waals surface area contributed by atoms with Crippen molar-refractivity contribution in [3.63, 3.8) is 0 Å². The smallest absolute Gasteiger partial charge is 0.345 e. The predicted molar refractivity (Wildman–Crippen MR) is 86.1 cm³/mol. The van der Waals surface area contributed by atoms with E-state index in [0.29, 0.717) is 13.0 Å². The van der Waals surface area contributed by atoms with E-state index in [-0.39, 0.29) is 24.2 Å². The molecule has 8 heteroatoms. The van der Waals surface area contributed by atoms with Crippen molar-refractivity contribution in [2.75, 3.05) is 6.54 Å². The number of hydrogen-bond acceptors (Lipinski definition) is 5. The molecule has 2 unspecified atom stereocenters. The van der Waals surface area contributed by atoms with Gasteiger partial charge in [-0.3, -0.25) is 9.36 Å². The molecule has 124 valence electrons. The number of nitrogens with zero attached hydrogens (tertiary/aromatic N) is 4. The molecule has 0 aromatic carbocycles. The molecule has 2 aromatic heterocycles. The van der Waals surface area contributed by atoms with Crippen LogP contribution in [0.4, 0.5) is 0 Å². The molecule has 1 saturated heterocycles. The second-order valence-electron chi connectivity index (χ2n) is 5.83. The van der Waals surface area contributed by atoms with E-state index in [0.717, 1.165) is 17.7 Å². The molecule has 1 aliphatic rings. The number of aryl methyl sites for hydroxylation is 1. The molecule has 1 amide bonds. The Morgan fingerprint density at radius 1 is 1.57 bits per heavy atom. The highest BCUT2D eigenvalue weighted by atomic mass is 32.1. The lowest BCUT2D eigenvalue weighted by molar-refractivity contribution is -0.133. The van der Waals surface area contributed by atoms with Crippen molar-refractivity contribution >= 4 is 17.2 Å². The van der Waals surface area contributed by atoms with E-state index in [1.165, 1.54) is 26.9 Å². The molecule has 0 spiro atoms. The lowest BCUT2D eigenvalue weighted by atomic mass is 10.1. The summed E-state index contributed by atoms with van der Waals surface area (Å²) in [7, 11) is 1.60. The molecule has 0 bridgehead atoms. The van der Waals surface area contributed by atoms with Gasteiger partial charge in [0.2, 0.25) is 5.91 Å². The largest absolute Gasteiger partial charge is 0.387 e. The van der Waals surface area contributed by atoms with Gasteiger partial charge in [-0.25, -0.2) is 9.48 Å². The van der Waals surface area contributed by atoms with Gasteiger partial charge in [-0.1, -0.05) is 6.07 Å². The highest BCUT2D eigenvalue weighted by Crippen LogP contribution is 2.29. The lowest BCUT2D eigenvalue weighted by Gasteiger charge is -2.26. The topological polar surface area (TPSA) is 80.4 Å². The zero-order valence-corrected chi connectivity index (χ0v) is 13.8. The Hall–Kier alpha value is -1.93. The number of amides is 1. The molecule has 1 N–H and O–H groups in total. The number of aliphatic hydroxyl groups excluding tert-OH is 1. The van der Waals surface area contributed by atoms with Crippen molar-refractivity contribution < 1.29 is 9.90 Å². The summed E-state index contributed by atoms with van der Waals surface area (Å²) in [5.41, 5.74) is -0.298. The maximum Gasteiger partial charge on any atom is 0.345 e. The number of hydrogen-bond donors (Lipinski definition) is 1. The van der Waals surface area contributed by atoms with Crippen molar-refractivity contribution in [3.05, 3.63) is 39.2 Å². The fraction of sp³-hybridized carbons (Fsp3) is 0.533. The van der Waals surface area contributed by atoms with Gasteiger partial charge in [0.25, 0.3) is 0 Å². The van der Waals surface area contributed by atoms with E-state index >= 15 is 0 Å². The zero-order chi connectivity index (χ0) is 16.4. The fourth-order valence-electron chi connectivity index (χ4n) is 3.01. The molecule has 7 nitrogen and oxygen atoms in total. The van der Waals surface area contributed by atoms with E-state index in [4.69, 9.17) is 0 Å². The van der Waals surface area contributed by atoms with Gasteiger partial charge in [-0.2, -0.15) is 5.10 Å². The summed E-state index contributed by atoms with van der Waals surface area (Å²) in [5.74, 6) is -0.119. The van der Waals surface area contributed by atoms with Crippen molar-refractivity contribution in [2.45, 2.75) is 38.0 Å². The van der Waals surface area contributed by atoms with Crippen molar-refractivity contribution in [1.29, 1.82) is 0 Å². The number of carbonyl (C=O) groups excluding carboxylic acids is 1. The maximum atomic E-state index is 12.5. The first-order chi connectivity index (χ1) is 11.1. The molecule has 2 aromatic rings. The van der Waals surface area contributed by atoms with Crippen LogP contribution in [0.3, 0.4) is 0 Å². The van der Waals surface area contributed by atoms with Crippen molar-refractivity contribution in [1.82, 2.24) is 19.2 Å². The van der Waals surface area contributed by atoms with Gasteiger partial charge in [0, 0.05) is 24.5 Å². The van der Waals surface area contributed by atoms with E-state index in [9.17, 15) is 14.7 Å². The molecule has 23 heavy (non-hydrogen) atoms. The molecule has 1 fully saturated rings. The molecule has 0 radical (unpaired) electrons. The van der Waals surface area contributed by atoms with Crippen molar-refractivity contribution in [2.24, 2.45) is 7.05 Å². The SMILES string of the molecule is Cn1cnn(CC(=O)N2CCCC2CC(O)c2cccs2)c1=O. The lowest BCUT2D eigenvalue weighted by Crippen LogP contribution is -2.40. The van der Waals surface area contributed by atoms with Gasteiger partial charge in [0.1, 0.15) is 12.9 Å². The van der Waals surface area contributed by atoms with Gasteiger partial charge >= 0.3 is 5.69 Å². The van der Waals surface area contributed by atoms with Gasteiger partial charge < -0.3 is 10.0 Å². The van der Waals surface area contributed by atoms with Crippen LogP contribution in [0.15, 0.2) is 28.6 Å². The molecule has 2 atom stereocenters. The summed E-state index contributed by atoms with van der Waals surface area (Å²) in [6, 6.07) is 3.83. The van der Waals surface area contributed by atoms with Crippen LogP contribution in [0.25, 0.3) is 0 Å². The average molecular weight is 336 g/mol. The highest BCUT2D eigenvalue weighted by molar-refractivity contribution is 7.10. The second-order valence-corrected chi connectivity index (χ2v) is 6.81. The monoisotopic (exact) mass is 336 g/mol. The summed E-state index contributed by atoms with van der Waals surface area (Å²) in [4.78, 5) is 27.0. The van der Waals surface area contributed by atoms with E-state index in [2.05, 4.69) is 5.10 Å². The van der Waals surface area contributed by atoms with Crippen LogP contribution < -0.4 is 5.69 Å². The number of aromatic nitrogens is 3. The van der Waals surface area contributed by atoms with Crippen LogP contribution >= 0.6 is 11.3 Å². The van der Waals surface area contributed by atoms with Crippen molar-refractivity contribution in [3.8, 4) is 0 Å². The standard InChI is InChI=1S/C15H20N4O3S/c1-17-10-16-19(15(17)22)9-14(21)18-6-2-4-11(18)8-12(20)13-5-3-7-23-13/h3,5,7,10-12,20H,2,4,6,8-9H2,1H3. The highest BCUT2D eigenvalue weighted by Gasteiger charge is 2.31. The Morgan fingerprint density at radius 2 is 2.39 bits per heavy atom. The third-order valence-electron chi connectivity index (χ3n) is 4.24. The van der Waals surface area contributed by atoms with Gasteiger partial charge in [-0.15, -0.1) is 11.3 Å². The Morgan fingerprint density at radius 3 is 3.04 bits per heavy atom. The number of rotatable bonds is 5. The van der Waals surface area contributed by atoms with E-state index in [1.807, 2.05) is 17.5 Å². The minimum atomic E-state index is -0.550. The van der Waals surface area contributed by atoms with Crippen LogP contribution in [-0.4, -0.2) is 42.8 Å². The third kappa shape index (κ3) is 3.37. The molecule has 1 aliphatic heterocycles. The van der Waals surface area contributed by atoms with Crippen LogP contribution in [0, 0.1) is 0 Å². The first-order valence-corrected chi connectivity index (χ1v) is 8.53. The molecule has 3 heterocycles. The summed E-state index contributed by atoms with van der Waals surface area (Å²) in [6.45, 7) is 0.619. The summed E-state index contributed by atoms with van der Waals surface area (Å²) >= 11 is 1.52. The number of carbonyl (C=O) groups is 1. The van der Waals surface area contributed by atoms with Gasteiger partial charge in [0.15, 0.2) is 0 Å². The molecule has 0 aliphatic carbocycles. The summed E-state index contributed by atoms with van der Waals surface area (Å²) in [5, 5.41) is 16.2. The maximum absolute atomic E-state index is 12.5. The molecule has 3 rings (SSSR count). The minimum absolute atomic E-state index is 0.0130. The minimum Gasteiger partial charge on any atom is -0.387 e. The van der Waals surface area contributed by atoms with Crippen LogP contribution in [-0.2, 0) is 18.4 Å².